The Morgan fingerprint density at radius 1 is 1.54 bits per heavy atom. The van der Waals surface area contributed by atoms with Gasteiger partial charge in [-0.05, 0) is 6.92 Å². The average molecular weight is 206 g/mol. The minimum absolute atomic E-state index is 0. The Morgan fingerprint density at radius 2 is 2.15 bits per heavy atom. The molecule has 0 spiro atoms. The Hall–Kier alpha value is -1.07. The number of nitrogens with one attached hydrogen (secondary N) is 1. The maximum absolute atomic E-state index is 11.0. The van der Waals surface area contributed by atoms with Crippen molar-refractivity contribution in [1.82, 2.24) is 9.55 Å². The first kappa shape index (κ1) is 11.9. The molecule has 1 rings (SSSR count). The second-order valence-electron chi connectivity index (χ2n) is 2.40. The molecule has 0 saturated carbocycles. The smallest absolute Gasteiger partial charge is 0.326 e. The van der Waals surface area contributed by atoms with Crippen LogP contribution in [-0.4, -0.2) is 9.55 Å². The summed E-state index contributed by atoms with van der Waals surface area (Å²) in [5.41, 5.74) is 4.93. The fraction of sp³-hybridized carbons (Fsp3) is 0.429. The molecule has 3 N–H and O–H groups in total. The van der Waals surface area contributed by atoms with Crippen molar-refractivity contribution in [3.05, 3.63) is 32.6 Å². The van der Waals surface area contributed by atoms with Crippen LogP contribution >= 0.6 is 12.4 Å². The molecule has 1 aromatic rings. The predicted molar refractivity (Wildman–Crippen MR) is 52.1 cm³/mol. The van der Waals surface area contributed by atoms with Gasteiger partial charge in [0.25, 0.3) is 5.56 Å². The van der Waals surface area contributed by atoms with Gasteiger partial charge in [-0.15, -0.1) is 12.4 Å². The van der Waals surface area contributed by atoms with Crippen molar-refractivity contribution in [3.8, 4) is 0 Å². The molecule has 0 fully saturated rings. The highest BCUT2D eigenvalue weighted by molar-refractivity contribution is 5.85. The Kier molecular flexibility index (Phi) is 4.44. The molecule has 0 atom stereocenters. The first-order valence-electron chi connectivity index (χ1n) is 3.71. The molecule has 1 aromatic heterocycles. The van der Waals surface area contributed by atoms with Crippen LogP contribution < -0.4 is 17.0 Å². The van der Waals surface area contributed by atoms with Crippen LogP contribution in [-0.2, 0) is 13.1 Å². The Balaban J connectivity index is 0.00000144. The lowest BCUT2D eigenvalue weighted by Crippen LogP contribution is -2.32. The largest absolute Gasteiger partial charge is 0.328 e. The van der Waals surface area contributed by atoms with E-state index in [0.29, 0.717) is 12.1 Å². The van der Waals surface area contributed by atoms with Crippen molar-refractivity contribution >= 4 is 12.4 Å². The van der Waals surface area contributed by atoms with Crippen LogP contribution in [0.4, 0.5) is 0 Å². The maximum Gasteiger partial charge on any atom is 0.328 e. The summed E-state index contributed by atoms with van der Waals surface area (Å²) in [5.74, 6) is 0. The highest BCUT2D eigenvalue weighted by atomic mass is 35.5. The van der Waals surface area contributed by atoms with Gasteiger partial charge in [0.15, 0.2) is 0 Å². The first-order chi connectivity index (χ1) is 5.69. The second-order valence-corrected chi connectivity index (χ2v) is 2.40. The first-order valence-corrected chi connectivity index (χ1v) is 3.71. The van der Waals surface area contributed by atoms with Crippen molar-refractivity contribution in [1.29, 1.82) is 0 Å². The van der Waals surface area contributed by atoms with E-state index in [4.69, 9.17) is 5.73 Å². The van der Waals surface area contributed by atoms with E-state index in [0.717, 1.165) is 0 Å². The van der Waals surface area contributed by atoms with Crippen LogP contribution in [0.5, 0.6) is 0 Å². The van der Waals surface area contributed by atoms with Gasteiger partial charge in [-0.25, -0.2) is 4.79 Å². The SMILES string of the molecule is CCn1cc(CN)c(=O)[nH]c1=O.Cl. The Bertz CT molecular complexity index is 349. The number of hydrogen-bond acceptors (Lipinski definition) is 3. The molecular formula is C7H12ClN3O2. The molecule has 1 heterocycles. The normalized spacial score (nSPS) is 9.38. The molecule has 0 amide bonds. The van der Waals surface area contributed by atoms with E-state index in [1.807, 2.05) is 6.92 Å². The lowest BCUT2D eigenvalue weighted by atomic mass is 10.3. The molecule has 6 heteroatoms. The number of nitrogens with zero attached hydrogens (tertiary/aromatic N) is 1. The molecule has 74 valence electrons. The van der Waals surface area contributed by atoms with E-state index < -0.39 is 5.56 Å². The lowest BCUT2D eigenvalue weighted by molar-refractivity contribution is 0.681. The topological polar surface area (TPSA) is 80.9 Å². The molecule has 0 aliphatic carbocycles. The summed E-state index contributed by atoms with van der Waals surface area (Å²) in [7, 11) is 0. The van der Waals surface area contributed by atoms with Gasteiger partial charge in [0, 0.05) is 24.8 Å². The van der Waals surface area contributed by atoms with Crippen molar-refractivity contribution in [2.45, 2.75) is 20.0 Å². The zero-order valence-electron chi connectivity index (χ0n) is 7.24. The highest BCUT2D eigenvalue weighted by Gasteiger charge is 2.00. The van der Waals surface area contributed by atoms with E-state index >= 15 is 0 Å². The van der Waals surface area contributed by atoms with Gasteiger partial charge in [0.2, 0.25) is 0 Å². The van der Waals surface area contributed by atoms with E-state index in [2.05, 4.69) is 4.98 Å². The van der Waals surface area contributed by atoms with E-state index in [-0.39, 0.29) is 24.6 Å². The molecule has 5 nitrogen and oxygen atoms in total. The molecule has 0 radical (unpaired) electrons. The molecule has 0 unspecified atom stereocenters. The van der Waals surface area contributed by atoms with Gasteiger partial charge in [0.1, 0.15) is 0 Å². The summed E-state index contributed by atoms with van der Waals surface area (Å²) >= 11 is 0. The second kappa shape index (κ2) is 4.84. The third kappa shape index (κ3) is 2.43. The van der Waals surface area contributed by atoms with Crippen LogP contribution in [0.2, 0.25) is 0 Å². The number of aryl methyl sites for hydroxylation is 1. The summed E-state index contributed by atoms with van der Waals surface area (Å²) in [6.07, 6.45) is 1.49. The van der Waals surface area contributed by atoms with Crippen LogP contribution in [0.3, 0.4) is 0 Å². The van der Waals surface area contributed by atoms with Gasteiger partial charge in [0.05, 0.1) is 0 Å². The van der Waals surface area contributed by atoms with Gasteiger partial charge in [-0.3, -0.25) is 9.78 Å². The number of hydrogen-bond donors (Lipinski definition) is 2. The average Bonchev–Trinajstić information content (AvgIpc) is 2.05. The number of rotatable bonds is 2. The molecule has 0 aliphatic rings. The molecule has 13 heavy (non-hydrogen) atoms. The van der Waals surface area contributed by atoms with E-state index in [9.17, 15) is 9.59 Å². The Morgan fingerprint density at radius 3 is 2.62 bits per heavy atom. The molecule has 0 saturated heterocycles. The molecular weight excluding hydrogens is 194 g/mol. The fourth-order valence-corrected chi connectivity index (χ4v) is 0.935. The fourth-order valence-electron chi connectivity index (χ4n) is 0.935. The number of halogens is 1. The van der Waals surface area contributed by atoms with Gasteiger partial charge >= 0.3 is 5.69 Å². The van der Waals surface area contributed by atoms with Crippen molar-refractivity contribution in [2.75, 3.05) is 0 Å². The number of H-pyrrole nitrogens is 1. The van der Waals surface area contributed by atoms with Crippen LogP contribution in [0.1, 0.15) is 12.5 Å². The monoisotopic (exact) mass is 205 g/mol. The summed E-state index contributed by atoms with van der Waals surface area (Å²) in [5, 5.41) is 0. The standard InChI is InChI=1S/C7H11N3O2.ClH/c1-2-10-4-5(3-8)6(11)9-7(10)12;/h4H,2-3,8H2,1H3,(H,9,11,12);1H. The third-order valence-corrected chi connectivity index (χ3v) is 1.65. The van der Waals surface area contributed by atoms with Gasteiger partial charge < -0.3 is 10.3 Å². The van der Waals surface area contributed by atoms with E-state index in [1.165, 1.54) is 10.8 Å². The Labute approximate surface area is 81.0 Å². The molecule has 0 bridgehead atoms. The van der Waals surface area contributed by atoms with Crippen molar-refractivity contribution in [3.63, 3.8) is 0 Å². The van der Waals surface area contributed by atoms with Crippen LogP contribution in [0, 0.1) is 0 Å². The molecule has 0 aromatic carbocycles. The zero-order valence-corrected chi connectivity index (χ0v) is 8.06. The zero-order chi connectivity index (χ0) is 9.14. The summed E-state index contributed by atoms with van der Waals surface area (Å²) in [4.78, 5) is 24.2. The quantitative estimate of drug-likeness (QED) is 0.679. The maximum atomic E-state index is 11.0. The van der Waals surface area contributed by atoms with Crippen LogP contribution in [0.15, 0.2) is 15.8 Å². The van der Waals surface area contributed by atoms with Crippen LogP contribution in [0.25, 0.3) is 0 Å². The molecule has 0 aliphatic heterocycles. The van der Waals surface area contributed by atoms with Crippen molar-refractivity contribution in [2.24, 2.45) is 5.73 Å². The number of nitrogens with two attached hydrogens (primary N) is 1. The van der Waals surface area contributed by atoms with Gasteiger partial charge in [-0.2, -0.15) is 0 Å². The highest BCUT2D eigenvalue weighted by Crippen LogP contribution is 1.84. The minimum Gasteiger partial charge on any atom is -0.326 e. The summed E-state index contributed by atoms with van der Waals surface area (Å²) in [6, 6.07) is 0. The summed E-state index contributed by atoms with van der Waals surface area (Å²) < 4.78 is 1.41. The third-order valence-electron chi connectivity index (χ3n) is 1.65. The number of aromatic nitrogens is 2. The predicted octanol–water partition coefficient (Wildman–Crippen LogP) is -0.563. The minimum atomic E-state index is -0.396. The van der Waals surface area contributed by atoms with Crippen molar-refractivity contribution < 1.29 is 0 Å². The van der Waals surface area contributed by atoms with E-state index in [1.54, 1.807) is 0 Å². The lowest BCUT2D eigenvalue weighted by Gasteiger charge is -2.01. The summed E-state index contributed by atoms with van der Waals surface area (Å²) in [6.45, 7) is 2.50. The van der Waals surface area contributed by atoms with Gasteiger partial charge in [-0.1, -0.05) is 0 Å². The number of aromatic amines is 1.